The maximum atomic E-state index is 13.4. The van der Waals surface area contributed by atoms with Crippen LogP contribution in [0.3, 0.4) is 0 Å². The number of carbonyl (C=O) groups excluding carboxylic acids is 4. The number of carbonyl (C=O) groups is 4. The number of rotatable bonds is 9. The van der Waals surface area contributed by atoms with Crippen molar-refractivity contribution < 1.29 is 23.9 Å². The van der Waals surface area contributed by atoms with Crippen LogP contribution in [0.1, 0.15) is 91.0 Å². The molecule has 7 atom stereocenters. The molecule has 3 N–H and O–H groups in total. The summed E-state index contributed by atoms with van der Waals surface area (Å²) in [4.78, 5) is 53.1. The minimum absolute atomic E-state index is 0.0535. The molecule has 1 aliphatic carbocycles. The van der Waals surface area contributed by atoms with Crippen molar-refractivity contribution in [2.75, 3.05) is 0 Å². The van der Waals surface area contributed by atoms with E-state index in [1.807, 2.05) is 45.0 Å². The first-order valence-electron chi connectivity index (χ1n) is 15.2. The van der Waals surface area contributed by atoms with Crippen molar-refractivity contribution in [2.24, 2.45) is 11.8 Å². The van der Waals surface area contributed by atoms with E-state index in [9.17, 15) is 19.2 Å². The number of esters is 1. The van der Waals surface area contributed by atoms with Crippen LogP contribution < -0.4 is 16.0 Å². The standard InChI is InChI=1S/C33H47N3O5/c1-6-8-12-22(4)28-20-29(37)35-27(19-24-15-17-26(18-16-24)25-13-10-9-11-14-25)32(39)34-23(5)31(38)36-30(21(3)7-2)33(40)41-28/h9-11,13-17,21-23,26-28,30H,6-8,12,18-20H2,1-5H3,(H,34,39)(H,35,37)(H,36,38)/t21-,22-,23-,26?,27+,28-,30+/m0/s1. The molecule has 3 rings (SSSR count). The third kappa shape index (κ3) is 9.30. The van der Waals surface area contributed by atoms with Crippen molar-refractivity contribution in [3.05, 3.63) is 59.7 Å². The minimum Gasteiger partial charge on any atom is -0.460 e. The first-order valence-corrected chi connectivity index (χ1v) is 15.2. The molecule has 1 aliphatic heterocycles. The maximum absolute atomic E-state index is 13.4. The number of unbranched alkanes of at least 4 members (excludes halogenated alkanes) is 1. The van der Waals surface area contributed by atoms with Gasteiger partial charge in [0.1, 0.15) is 24.2 Å². The van der Waals surface area contributed by atoms with Gasteiger partial charge in [-0.1, -0.05) is 95.5 Å². The zero-order valence-electron chi connectivity index (χ0n) is 25.2. The topological polar surface area (TPSA) is 114 Å². The number of nitrogens with one attached hydrogen (secondary N) is 3. The highest BCUT2D eigenvalue weighted by atomic mass is 16.5. The van der Waals surface area contributed by atoms with E-state index in [0.29, 0.717) is 6.42 Å². The molecular formula is C33H47N3O5. The fraction of sp³-hybridized carbons (Fsp3) is 0.576. The van der Waals surface area contributed by atoms with Gasteiger partial charge in [-0.05, 0) is 42.7 Å². The maximum Gasteiger partial charge on any atom is 0.329 e. The fourth-order valence-electron chi connectivity index (χ4n) is 5.26. The van der Waals surface area contributed by atoms with Crippen LogP contribution in [0.4, 0.5) is 0 Å². The molecule has 0 spiro atoms. The van der Waals surface area contributed by atoms with E-state index in [1.165, 1.54) is 5.56 Å². The summed E-state index contributed by atoms with van der Waals surface area (Å²) in [7, 11) is 0. The fourth-order valence-corrected chi connectivity index (χ4v) is 5.26. The second-order valence-electron chi connectivity index (χ2n) is 11.6. The Hall–Kier alpha value is -3.42. The van der Waals surface area contributed by atoms with Crippen molar-refractivity contribution in [1.29, 1.82) is 0 Å². The number of hydrogen-bond donors (Lipinski definition) is 3. The molecule has 0 radical (unpaired) electrons. The molecule has 0 aromatic heterocycles. The van der Waals surface area contributed by atoms with Crippen molar-refractivity contribution in [3.63, 3.8) is 0 Å². The molecule has 8 nitrogen and oxygen atoms in total. The summed E-state index contributed by atoms with van der Waals surface area (Å²) in [6, 6.07) is 7.57. The highest BCUT2D eigenvalue weighted by Gasteiger charge is 2.35. The highest BCUT2D eigenvalue weighted by molar-refractivity contribution is 5.94. The summed E-state index contributed by atoms with van der Waals surface area (Å²) < 4.78 is 5.94. The van der Waals surface area contributed by atoms with Crippen LogP contribution >= 0.6 is 0 Å². The minimum atomic E-state index is -0.903. The average Bonchev–Trinajstić information content (AvgIpc) is 2.97. The second-order valence-corrected chi connectivity index (χ2v) is 11.6. The van der Waals surface area contributed by atoms with E-state index in [4.69, 9.17) is 4.74 Å². The Labute approximate surface area is 244 Å². The molecule has 1 fully saturated rings. The van der Waals surface area contributed by atoms with E-state index in [-0.39, 0.29) is 36.5 Å². The van der Waals surface area contributed by atoms with Gasteiger partial charge in [0.15, 0.2) is 0 Å². The molecule has 1 unspecified atom stereocenters. The van der Waals surface area contributed by atoms with Gasteiger partial charge in [-0.25, -0.2) is 4.79 Å². The third-order valence-electron chi connectivity index (χ3n) is 8.31. The first kappa shape index (κ1) is 32.1. The van der Waals surface area contributed by atoms with Crippen LogP contribution in [0.2, 0.25) is 0 Å². The lowest BCUT2D eigenvalue weighted by Gasteiger charge is -2.29. The molecule has 3 amide bonds. The van der Waals surface area contributed by atoms with Crippen molar-refractivity contribution >= 4 is 23.7 Å². The molecule has 0 saturated carbocycles. The Balaban J connectivity index is 1.83. The van der Waals surface area contributed by atoms with Crippen LogP contribution in [0.15, 0.2) is 54.1 Å². The lowest BCUT2D eigenvalue weighted by molar-refractivity contribution is -0.158. The van der Waals surface area contributed by atoms with Gasteiger partial charge in [-0.3, -0.25) is 14.4 Å². The van der Waals surface area contributed by atoms with E-state index >= 15 is 0 Å². The van der Waals surface area contributed by atoms with Crippen LogP contribution in [-0.4, -0.2) is 47.9 Å². The van der Waals surface area contributed by atoms with Gasteiger partial charge in [0.2, 0.25) is 17.7 Å². The zero-order valence-corrected chi connectivity index (χ0v) is 25.2. The average molecular weight is 566 g/mol. The van der Waals surface area contributed by atoms with E-state index < -0.39 is 42.0 Å². The van der Waals surface area contributed by atoms with Gasteiger partial charge in [0.05, 0.1) is 6.42 Å². The van der Waals surface area contributed by atoms with Crippen molar-refractivity contribution in [3.8, 4) is 0 Å². The molecule has 1 aromatic carbocycles. The SMILES string of the molecule is CCCC[C@H](C)[C@@H]1CC(=O)N[C@H](CC2=CCC(c3ccccc3)C=C2)C(=O)N[C@@H](C)C(=O)N[C@H]([C@@H](C)CC)C(=O)O1. The van der Waals surface area contributed by atoms with Crippen LogP contribution in [-0.2, 0) is 23.9 Å². The Kier molecular flexibility index (Phi) is 12.2. The Morgan fingerprint density at radius 3 is 2.32 bits per heavy atom. The van der Waals surface area contributed by atoms with Crippen LogP contribution in [0, 0.1) is 11.8 Å². The van der Waals surface area contributed by atoms with Crippen molar-refractivity contribution in [2.45, 2.75) is 110 Å². The molecule has 1 heterocycles. The monoisotopic (exact) mass is 565 g/mol. The summed E-state index contributed by atoms with van der Waals surface area (Å²) in [5.41, 5.74) is 2.16. The predicted octanol–water partition coefficient (Wildman–Crippen LogP) is 4.71. The van der Waals surface area contributed by atoms with E-state index in [2.05, 4.69) is 47.2 Å². The molecule has 1 aromatic rings. The number of cyclic esters (lactones) is 1. The zero-order chi connectivity index (χ0) is 29.9. The lowest BCUT2D eigenvalue weighted by Crippen LogP contribution is -2.55. The number of benzene rings is 1. The van der Waals surface area contributed by atoms with Crippen LogP contribution in [0.25, 0.3) is 0 Å². The van der Waals surface area contributed by atoms with Gasteiger partial charge in [0.25, 0.3) is 0 Å². The molecular weight excluding hydrogens is 518 g/mol. The van der Waals surface area contributed by atoms with E-state index in [0.717, 1.165) is 31.3 Å². The molecule has 0 bridgehead atoms. The number of ether oxygens (including phenoxy) is 1. The summed E-state index contributed by atoms with van der Waals surface area (Å²) in [5.74, 6) is -1.81. The highest BCUT2D eigenvalue weighted by Crippen LogP contribution is 2.28. The van der Waals surface area contributed by atoms with E-state index in [1.54, 1.807) is 6.92 Å². The van der Waals surface area contributed by atoms with Gasteiger partial charge < -0.3 is 20.7 Å². The number of allylic oxidation sites excluding steroid dienone is 3. The smallest absolute Gasteiger partial charge is 0.329 e. The summed E-state index contributed by atoms with van der Waals surface area (Å²) in [6.45, 7) is 9.45. The van der Waals surface area contributed by atoms with Gasteiger partial charge >= 0.3 is 5.97 Å². The predicted molar refractivity (Wildman–Crippen MR) is 160 cm³/mol. The number of amides is 3. The Bertz CT molecular complexity index is 1120. The normalized spacial score (nSPS) is 27.5. The Morgan fingerprint density at radius 2 is 1.68 bits per heavy atom. The summed E-state index contributed by atoms with van der Waals surface area (Å²) in [5, 5.41) is 8.43. The lowest BCUT2D eigenvalue weighted by atomic mass is 9.88. The first-order chi connectivity index (χ1) is 19.6. The quantitative estimate of drug-likeness (QED) is 0.376. The summed E-state index contributed by atoms with van der Waals surface area (Å²) >= 11 is 0. The molecule has 8 heteroatoms. The third-order valence-corrected chi connectivity index (χ3v) is 8.31. The molecule has 1 saturated heterocycles. The number of hydrogen-bond acceptors (Lipinski definition) is 5. The summed E-state index contributed by atoms with van der Waals surface area (Å²) in [6.07, 6.45) is 9.95. The molecule has 2 aliphatic rings. The molecule has 224 valence electrons. The Morgan fingerprint density at radius 1 is 0.951 bits per heavy atom. The largest absolute Gasteiger partial charge is 0.460 e. The van der Waals surface area contributed by atoms with Crippen LogP contribution in [0.5, 0.6) is 0 Å². The molecule has 41 heavy (non-hydrogen) atoms. The van der Waals surface area contributed by atoms with Crippen molar-refractivity contribution in [1.82, 2.24) is 16.0 Å². The second kappa shape index (κ2) is 15.5. The van der Waals surface area contributed by atoms with Gasteiger partial charge in [0, 0.05) is 12.3 Å². The van der Waals surface area contributed by atoms with Gasteiger partial charge in [-0.2, -0.15) is 0 Å². The van der Waals surface area contributed by atoms with Gasteiger partial charge in [-0.15, -0.1) is 0 Å².